The van der Waals surface area contributed by atoms with Gasteiger partial charge in [-0.05, 0) is 6.07 Å². The van der Waals surface area contributed by atoms with E-state index in [1.54, 1.807) is 12.1 Å². The van der Waals surface area contributed by atoms with Crippen LogP contribution in [0.3, 0.4) is 0 Å². The molecule has 0 aromatic carbocycles. The fourth-order valence-corrected chi connectivity index (χ4v) is 0.332. The minimum Gasteiger partial charge on any atom is -0.501 e. The molecule has 0 unspecified atom stereocenters. The maximum Gasteiger partial charge on any atom is 0.359 e. The maximum atomic E-state index is 8.54. The van der Waals surface area contributed by atoms with Gasteiger partial charge < -0.3 is 5.11 Å². The standard InChI is InChI=1S/C5H4O2/c6-5-2-1-3-7-4-5/h1-4H/p+1. The number of rotatable bonds is 0. The second-order valence-corrected chi connectivity index (χ2v) is 1.17. The third-order valence-corrected chi connectivity index (χ3v) is 0.613. The SMILES string of the molecule is Oc1ccc[o+]c1. The Labute approximate surface area is 41.0 Å². The van der Waals surface area contributed by atoms with Crippen LogP contribution < -0.4 is 0 Å². The van der Waals surface area contributed by atoms with Crippen molar-refractivity contribution in [1.29, 1.82) is 0 Å². The molecule has 0 fully saturated rings. The molecule has 0 aliphatic rings. The van der Waals surface area contributed by atoms with Crippen LogP contribution >= 0.6 is 0 Å². The molecular formula is C5H5O2+. The Morgan fingerprint density at radius 3 is 2.71 bits per heavy atom. The van der Waals surface area contributed by atoms with E-state index in [1.165, 1.54) is 12.5 Å². The highest BCUT2D eigenvalue weighted by Crippen LogP contribution is 2.02. The lowest BCUT2D eigenvalue weighted by Crippen LogP contribution is -1.56. The van der Waals surface area contributed by atoms with Gasteiger partial charge in [0.05, 0.1) is 0 Å². The Bertz CT molecular complexity index is 136. The van der Waals surface area contributed by atoms with E-state index >= 15 is 0 Å². The average molecular weight is 97.1 g/mol. The Kier molecular flexibility index (Phi) is 0.941. The molecular weight excluding hydrogens is 92.1 g/mol. The molecule has 36 valence electrons. The van der Waals surface area contributed by atoms with Gasteiger partial charge in [0.15, 0.2) is 0 Å². The normalized spacial score (nSPS) is 8.57. The van der Waals surface area contributed by atoms with Crippen LogP contribution in [0.25, 0.3) is 0 Å². The van der Waals surface area contributed by atoms with Crippen molar-refractivity contribution >= 4 is 0 Å². The minimum absolute atomic E-state index is 0.155. The van der Waals surface area contributed by atoms with Gasteiger partial charge in [-0.3, -0.25) is 0 Å². The van der Waals surface area contributed by atoms with E-state index in [9.17, 15) is 0 Å². The predicted molar refractivity (Wildman–Crippen MR) is 24.8 cm³/mol. The quantitative estimate of drug-likeness (QED) is 0.494. The van der Waals surface area contributed by atoms with E-state index in [0.717, 1.165) is 0 Å². The van der Waals surface area contributed by atoms with E-state index in [-0.39, 0.29) is 5.75 Å². The molecule has 7 heavy (non-hydrogen) atoms. The molecule has 1 N–H and O–H groups in total. The van der Waals surface area contributed by atoms with Gasteiger partial charge in [0.2, 0.25) is 5.75 Å². The van der Waals surface area contributed by atoms with Crippen molar-refractivity contribution in [2.45, 2.75) is 0 Å². The molecule has 0 aliphatic heterocycles. The lowest BCUT2D eigenvalue weighted by Gasteiger charge is -1.72. The molecule has 0 spiro atoms. The van der Waals surface area contributed by atoms with Crippen molar-refractivity contribution in [3.63, 3.8) is 0 Å². The van der Waals surface area contributed by atoms with Crippen LogP contribution in [-0.4, -0.2) is 5.11 Å². The predicted octanol–water partition coefficient (Wildman–Crippen LogP) is 1.27. The van der Waals surface area contributed by atoms with Gasteiger partial charge >= 0.3 is 12.5 Å². The molecule has 2 heteroatoms. The number of hydrogen-bond acceptors (Lipinski definition) is 1. The molecule has 1 rings (SSSR count). The lowest BCUT2D eigenvalue weighted by molar-refractivity contribution is 0.434. The molecule has 0 saturated carbocycles. The zero-order chi connectivity index (χ0) is 5.11. The average Bonchev–Trinajstić information content (AvgIpc) is 1.69. The van der Waals surface area contributed by atoms with Gasteiger partial charge in [-0.2, -0.15) is 0 Å². The first-order chi connectivity index (χ1) is 3.39. The molecule has 0 amide bonds. The van der Waals surface area contributed by atoms with Gasteiger partial charge in [0.1, 0.15) is 0 Å². The minimum atomic E-state index is 0.155. The van der Waals surface area contributed by atoms with E-state index in [1.807, 2.05) is 0 Å². The van der Waals surface area contributed by atoms with E-state index in [4.69, 9.17) is 5.11 Å². The zero-order valence-corrected chi connectivity index (χ0v) is 3.66. The van der Waals surface area contributed by atoms with E-state index in [2.05, 4.69) is 4.42 Å². The molecule has 1 heterocycles. The highest BCUT2D eigenvalue weighted by atomic mass is 16.3. The van der Waals surface area contributed by atoms with Gasteiger partial charge in [-0.25, -0.2) is 4.42 Å². The summed E-state index contributed by atoms with van der Waals surface area (Å²) in [6.07, 6.45) is 2.75. The molecule has 0 bridgehead atoms. The van der Waals surface area contributed by atoms with Crippen molar-refractivity contribution in [3.05, 3.63) is 24.7 Å². The summed E-state index contributed by atoms with van der Waals surface area (Å²) in [5.74, 6) is 0.155. The molecule has 2 nitrogen and oxygen atoms in total. The smallest absolute Gasteiger partial charge is 0.359 e. The van der Waals surface area contributed by atoms with Crippen LogP contribution in [0.1, 0.15) is 0 Å². The third-order valence-electron chi connectivity index (χ3n) is 0.613. The molecule has 0 radical (unpaired) electrons. The van der Waals surface area contributed by atoms with Crippen LogP contribution in [-0.2, 0) is 0 Å². The third kappa shape index (κ3) is 0.892. The van der Waals surface area contributed by atoms with Crippen LogP contribution in [0, 0.1) is 0 Å². The Morgan fingerprint density at radius 1 is 1.57 bits per heavy atom. The number of aromatic hydroxyl groups is 1. The van der Waals surface area contributed by atoms with Crippen molar-refractivity contribution in [1.82, 2.24) is 0 Å². The molecule has 0 atom stereocenters. The summed E-state index contributed by atoms with van der Waals surface area (Å²) >= 11 is 0. The van der Waals surface area contributed by atoms with Crippen molar-refractivity contribution in [3.8, 4) is 5.75 Å². The van der Waals surface area contributed by atoms with Gasteiger partial charge in [-0.15, -0.1) is 0 Å². The molecule has 1 aromatic rings. The molecule has 0 saturated heterocycles. The second kappa shape index (κ2) is 1.60. The topological polar surface area (TPSA) is 31.5 Å². The van der Waals surface area contributed by atoms with Crippen LogP contribution in [0.2, 0.25) is 0 Å². The largest absolute Gasteiger partial charge is 0.501 e. The highest BCUT2D eigenvalue weighted by Gasteiger charge is 1.88. The first-order valence-electron chi connectivity index (χ1n) is 1.94. The van der Waals surface area contributed by atoms with Gasteiger partial charge in [0.25, 0.3) is 0 Å². The Hall–Kier alpha value is -1.05. The fraction of sp³-hybridized carbons (Fsp3) is 0. The summed E-state index contributed by atoms with van der Waals surface area (Å²) in [5.41, 5.74) is 0. The summed E-state index contributed by atoms with van der Waals surface area (Å²) in [5, 5.41) is 8.54. The number of hydrogen-bond donors (Lipinski definition) is 1. The van der Waals surface area contributed by atoms with Crippen LogP contribution in [0.15, 0.2) is 29.1 Å². The van der Waals surface area contributed by atoms with Crippen LogP contribution in [0.4, 0.5) is 0 Å². The summed E-state index contributed by atoms with van der Waals surface area (Å²) in [7, 11) is 0. The van der Waals surface area contributed by atoms with Crippen molar-refractivity contribution in [2.75, 3.05) is 0 Å². The summed E-state index contributed by atoms with van der Waals surface area (Å²) < 4.78 is 4.56. The van der Waals surface area contributed by atoms with E-state index in [0.29, 0.717) is 0 Å². The van der Waals surface area contributed by atoms with Gasteiger partial charge in [-0.1, -0.05) is 0 Å². The summed E-state index contributed by atoms with van der Waals surface area (Å²) in [4.78, 5) is 0. The summed E-state index contributed by atoms with van der Waals surface area (Å²) in [6, 6.07) is 3.17. The molecule has 1 aromatic heterocycles. The fourth-order valence-electron chi connectivity index (χ4n) is 0.332. The van der Waals surface area contributed by atoms with Crippen molar-refractivity contribution < 1.29 is 9.52 Å². The maximum absolute atomic E-state index is 8.54. The molecule has 0 aliphatic carbocycles. The monoisotopic (exact) mass is 97.0 g/mol. The second-order valence-electron chi connectivity index (χ2n) is 1.17. The van der Waals surface area contributed by atoms with E-state index < -0.39 is 0 Å². The Balaban J connectivity index is 3.02. The lowest BCUT2D eigenvalue weighted by atomic mass is 10.5. The van der Waals surface area contributed by atoms with Gasteiger partial charge in [0, 0.05) is 6.07 Å². The summed E-state index contributed by atoms with van der Waals surface area (Å²) in [6.45, 7) is 0. The first kappa shape index (κ1) is 4.12. The first-order valence-corrected chi connectivity index (χ1v) is 1.94. The zero-order valence-electron chi connectivity index (χ0n) is 3.66. The van der Waals surface area contributed by atoms with Crippen molar-refractivity contribution in [2.24, 2.45) is 0 Å². The highest BCUT2D eigenvalue weighted by molar-refractivity contribution is 5.10. The Morgan fingerprint density at radius 2 is 2.43 bits per heavy atom. The van der Waals surface area contributed by atoms with Crippen LogP contribution in [0.5, 0.6) is 5.75 Å².